The van der Waals surface area contributed by atoms with Crippen molar-refractivity contribution in [2.45, 2.75) is 32.2 Å². The summed E-state index contributed by atoms with van der Waals surface area (Å²) in [4.78, 5) is 18.0. The van der Waals surface area contributed by atoms with Gasteiger partial charge in [-0.25, -0.2) is 4.98 Å². The second-order valence-corrected chi connectivity index (χ2v) is 4.52. The molecular weight excluding hydrogens is 218 g/mol. The maximum Gasteiger partial charge on any atom is 0.293 e. The van der Waals surface area contributed by atoms with Gasteiger partial charge in [-0.15, -0.1) is 5.10 Å². The van der Waals surface area contributed by atoms with Crippen molar-refractivity contribution < 1.29 is 4.79 Å². The predicted octanol–water partition coefficient (Wildman–Crippen LogP) is 0.176. The van der Waals surface area contributed by atoms with E-state index in [1.54, 1.807) is 11.9 Å². The molecule has 0 bridgehead atoms. The summed E-state index contributed by atoms with van der Waals surface area (Å²) in [7, 11) is 1.78. The van der Waals surface area contributed by atoms with Gasteiger partial charge in [0.1, 0.15) is 5.82 Å². The average Bonchev–Trinajstić information content (AvgIpc) is 3.06. The Morgan fingerprint density at radius 3 is 2.82 bits per heavy atom. The van der Waals surface area contributed by atoms with Crippen molar-refractivity contribution in [1.29, 1.82) is 0 Å². The summed E-state index contributed by atoms with van der Waals surface area (Å²) >= 11 is 0. The van der Waals surface area contributed by atoms with Gasteiger partial charge >= 0.3 is 0 Å². The van der Waals surface area contributed by atoms with Gasteiger partial charge in [-0.3, -0.25) is 9.89 Å². The number of aromatic amines is 1. The third kappa shape index (κ3) is 2.46. The van der Waals surface area contributed by atoms with Gasteiger partial charge in [-0.1, -0.05) is 6.92 Å². The molecule has 0 saturated heterocycles. The maximum absolute atomic E-state index is 12.1. The highest BCUT2D eigenvalue weighted by molar-refractivity contribution is 5.90. The molecule has 3 N–H and O–H groups in total. The second kappa shape index (κ2) is 4.83. The number of nitrogens with zero attached hydrogens (tertiary/aromatic N) is 3. The number of nitrogens with two attached hydrogens (primary N) is 1. The van der Waals surface area contributed by atoms with Crippen molar-refractivity contribution in [2.75, 3.05) is 13.6 Å². The smallest absolute Gasteiger partial charge is 0.293 e. The van der Waals surface area contributed by atoms with E-state index < -0.39 is 0 Å². The normalized spacial score (nSPS) is 16.9. The standard InChI is InChI=1S/C11H19N5O/c1-3-9-13-10(15-14-9)11(17)16(2)8(6-12)7-4-5-7/h7-8H,3-6,12H2,1-2H3,(H,13,14,15). The lowest BCUT2D eigenvalue weighted by Crippen LogP contribution is -2.43. The maximum atomic E-state index is 12.1. The summed E-state index contributed by atoms with van der Waals surface area (Å²) in [5.41, 5.74) is 5.72. The zero-order valence-electron chi connectivity index (χ0n) is 10.3. The molecule has 0 aromatic carbocycles. The van der Waals surface area contributed by atoms with E-state index in [1.165, 1.54) is 0 Å². The first-order valence-electron chi connectivity index (χ1n) is 6.05. The molecule has 0 aliphatic heterocycles. The van der Waals surface area contributed by atoms with Gasteiger partial charge in [0.25, 0.3) is 5.91 Å². The van der Waals surface area contributed by atoms with E-state index in [0.29, 0.717) is 12.5 Å². The van der Waals surface area contributed by atoms with Gasteiger partial charge in [0.2, 0.25) is 5.82 Å². The van der Waals surface area contributed by atoms with E-state index in [-0.39, 0.29) is 17.8 Å². The molecule has 1 unspecified atom stereocenters. The quantitative estimate of drug-likeness (QED) is 0.764. The van der Waals surface area contributed by atoms with Crippen LogP contribution >= 0.6 is 0 Å². The van der Waals surface area contributed by atoms with Crippen molar-refractivity contribution in [3.05, 3.63) is 11.6 Å². The molecule has 6 nitrogen and oxygen atoms in total. The number of likely N-dealkylation sites (N-methyl/N-ethyl adjacent to an activating group) is 1. The van der Waals surface area contributed by atoms with Crippen molar-refractivity contribution >= 4 is 5.91 Å². The number of rotatable bonds is 5. The number of aromatic nitrogens is 3. The Balaban J connectivity index is 2.07. The first kappa shape index (κ1) is 12.0. The molecule has 1 atom stereocenters. The molecule has 1 fully saturated rings. The minimum absolute atomic E-state index is 0.117. The molecular formula is C11H19N5O. The van der Waals surface area contributed by atoms with E-state index in [1.807, 2.05) is 6.92 Å². The number of hydrogen-bond donors (Lipinski definition) is 2. The van der Waals surface area contributed by atoms with Crippen LogP contribution in [0.15, 0.2) is 0 Å². The van der Waals surface area contributed by atoms with Gasteiger partial charge in [-0.05, 0) is 18.8 Å². The first-order valence-corrected chi connectivity index (χ1v) is 6.05. The molecule has 1 amide bonds. The molecule has 1 aromatic heterocycles. The van der Waals surface area contributed by atoms with Gasteiger partial charge in [0.15, 0.2) is 0 Å². The van der Waals surface area contributed by atoms with E-state index in [2.05, 4.69) is 15.2 Å². The number of H-pyrrole nitrogens is 1. The topological polar surface area (TPSA) is 87.9 Å². The highest BCUT2D eigenvalue weighted by Gasteiger charge is 2.35. The molecule has 1 aliphatic rings. The van der Waals surface area contributed by atoms with E-state index >= 15 is 0 Å². The molecule has 1 aromatic rings. The lowest BCUT2D eigenvalue weighted by molar-refractivity contribution is 0.0706. The van der Waals surface area contributed by atoms with Crippen molar-refractivity contribution in [3.8, 4) is 0 Å². The fourth-order valence-corrected chi connectivity index (χ4v) is 2.01. The average molecular weight is 237 g/mol. The largest absolute Gasteiger partial charge is 0.334 e. The van der Waals surface area contributed by atoms with Crippen molar-refractivity contribution in [3.63, 3.8) is 0 Å². The SMILES string of the molecule is CCc1nc(C(=O)N(C)C(CN)C2CC2)n[nH]1. The van der Waals surface area contributed by atoms with Crippen LogP contribution in [0.1, 0.15) is 36.2 Å². The number of hydrogen-bond acceptors (Lipinski definition) is 4. The molecule has 17 heavy (non-hydrogen) atoms. The lowest BCUT2D eigenvalue weighted by Gasteiger charge is -2.25. The second-order valence-electron chi connectivity index (χ2n) is 4.52. The van der Waals surface area contributed by atoms with Gasteiger partial charge in [-0.2, -0.15) is 0 Å². The van der Waals surface area contributed by atoms with Crippen molar-refractivity contribution in [2.24, 2.45) is 11.7 Å². The Kier molecular flexibility index (Phi) is 3.42. The summed E-state index contributed by atoms with van der Waals surface area (Å²) in [6.45, 7) is 2.46. The fourth-order valence-electron chi connectivity index (χ4n) is 2.01. The van der Waals surface area contributed by atoms with Crippen LogP contribution in [0, 0.1) is 5.92 Å². The minimum atomic E-state index is -0.150. The Morgan fingerprint density at radius 2 is 2.35 bits per heavy atom. The van der Waals surface area contributed by atoms with Crippen LogP contribution in [0.5, 0.6) is 0 Å². The third-order valence-corrected chi connectivity index (χ3v) is 3.28. The lowest BCUT2D eigenvalue weighted by atomic mass is 10.1. The van der Waals surface area contributed by atoms with Crippen LogP contribution in [0.3, 0.4) is 0 Å². The summed E-state index contributed by atoms with van der Waals surface area (Å²) in [6, 6.07) is 0.117. The van der Waals surface area contributed by atoms with Crippen LogP contribution < -0.4 is 5.73 Å². The van der Waals surface area contributed by atoms with E-state index in [0.717, 1.165) is 25.1 Å². The molecule has 0 spiro atoms. The highest BCUT2D eigenvalue weighted by Crippen LogP contribution is 2.34. The Bertz CT molecular complexity index is 398. The number of aryl methyl sites for hydroxylation is 1. The monoisotopic (exact) mass is 237 g/mol. The summed E-state index contributed by atoms with van der Waals surface area (Å²) < 4.78 is 0. The predicted molar refractivity (Wildman–Crippen MR) is 63.4 cm³/mol. The van der Waals surface area contributed by atoms with Gasteiger partial charge in [0, 0.05) is 26.1 Å². The summed E-state index contributed by atoms with van der Waals surface area (Å²) in [6.07, 6.45) is 3.06. The fraction of sp³-hybridized carbons (Fsp3) is 0.727. The van der Waals surface area contributed by atoms with Crippen LogP contribution in [0.2, 0.25) is 0 Å². The van der Waals surface area contributed by atoms with Gasteiger partial charge in [0.05, 0.1) is 0 Å². The molecule has 2 rings (SSSR count). The molecule has 1 heterocycles. The van der Waals surface area contributed by atoms with Crippen LogP contribution in [-0.2, 0) is 6.42 Å². The molecule has 1 aliphatic carbocycles. The van der Waals surface area contributed by atoms with E-state index in [4.69, 9.17) is 5.73 Å². The van der Waals surface area contributed by atoms with Crippen LogP contribution in [0.4, 0.5) is 0 Å². The van der Waals surface area contributed by atoms with Crippen LogP contribution in [0.25, 0.3) is 0 Å². The molecule has 0 radical (unpaired) electrons. The summed E-state index contributed by atoms with van der Waals surface area (Å²) in [5.74, 6) is 1.38. The first-order chi connectivity index (χ1) is 8.17. The van der Waals surface area contributed by atoms with Crippen LogP contribution in [-0.4, -0.2) is 45.6 Å². The number of carbonyl (C=O) groups excluding carboxylic acids is 1. The zero-order valence-corrected chi connectivity index (χ0v) is 10.3. The number of amides is 1. The summed E-state index contributed by atoms with van der Waals surface area (Å²) in [5, 5.41) is 6.69. The Morgan fingerprint density at radius 1 is 1.65 bits per heavy atom. The van der Waals surface area contributed by atoms with Gasteiger partial charge < -0.3 is 10.6 Å². The van der Waals surface area contributed by atoms with Crippen molar-refractivity contribution in [1.82, 2.24) is 20.1 Å². The minimum Gasteiger partial charge on any atom is -0.334 e. The molecule has 6 heteroatoms. The molecule has 94 valence electrons. The van der Waals surface area contributed by atoms with E-state index in [9.17, 15) is 4.79 Å². The third-order valence-electron chi connectivity index (χ3n) is 3.28. The zero-order chi connectivity index (χ0) is 12.4. The Hall–Kier alpha value is -1.43. The number of nitrogens with one attached hydrogen (secondary N) is 1. The Labute approximate surface area is 101 Å². The highest BCUT2D eigenvalue weighted by atomic mass is 16.2. The molecule has 1 saturated carbocycles. The number of carbonyl (C=O) groups is 1.